The zero-order valence-electron chi connectivity index (χ0n) is 20.0. The van der Waals surface area contributed by atoms with Crippen molar-refractivity contribution >= 4 is 11.6 Å². The number of nitrogens with zero attached hydrogens (tertiary/aromatic N) is 5. The van der Waals surface area contributed by atoms with Crippen LogP contribution in [0.15, 0.2) is 36.4 Å². The molecule has 2 aliphatic rings. The first kappa shape index (κ1) is 22.1. The fourth-order valence-electron chi connectivity index (χ4n) is 5.15. The summed E-state index contributed by atoms with van der Waals surface area (Å²) >= 11 is 0. The minimum Gasteiger partial charge on any atom is -0.370 e. The second-order valence-electron chi connectivity index (χ2n) is 9.75. The highest BCUT2D eigenvalue weighted by Crippen LogP contribution is 2.36. The van der Waals surface area contributed by atoms with Crippen molar-refractivity contribution < 1.29 is 4.79 Å². The van der Waals surface area contributed by atoms with Crippen molar-refractivity contribution in [2.75, 3.05) is 31.1 Å². The Hall–Kier alpha value is -3.66. The first-order valence-corrected chi connectivity index (χ1v) is 12.0. The maximum absolute atomic E-state index is 13.6. The van der Waals surface area contributed by atoms with Gasteiger partial charge in [0.15, 0.2) is 5.82 Å². The summed E-state index contributed by atoms with van der Waals surface area (Å²) in [5.41, 5.74) is 5.71. The summed E-state index contributed by atoms with van der Waals surface area (Å²) in [5.74, 6) is 2.64. The number of aryl methyl sites for hydroxylation is 2. The number of rotatable bonds is 4. The number of hydrogen-bond donors (Lipinski definition) is 1. The van der Waals surface area contributed by atoms with Crippen LogP contribution in [0.1, 0.15) is 58.6 Å². The molecule has 2 saturated heterocycles. The third kappa shape index (κ3) is 4.16. The smallest absolute Gasteiger partial charge is 0.254 e. The number of benzene rings is 2. The number of amides is 1. The van der Waals surface area contributed by atoms with Crippen molar-refractivity contribution in [2.45, 2.75) is 39.5 Å². The average Bonchev–Trinajstić information content (AvgIpc) is 3.27. The molecule has 1 N–H and O–H groups in total. The van der Waals surface area contributed by atoms with Crippen molar-refractivity contribution in [2.24, 2.45) is 5.92 Å². The zero-order chi connectivity index (χ0) is 23.8. The second kappa shape index (κ2) is 8.94. The van der Waals surface area contributed by atoms with Gasteiger partial charge in [0, 0.05) is 43.0 Å². The van der Waals surface area contributed by atoms with E-state index in [1.165, 1.54) is 5.56 Å². The van der Waals surface area contributed by atoms with E-state index in [1.54, 1.807) is 0 Å². The van der Waals surface area contributed by atoms with Gasteiger partial charge in [0.2, 0.25) is 0 Å². The molecule has 34 heavy (non-hydrogen) atoms. The Balaban J connectivity index is 1.37. The van der Waals surface area contributed by atoms with Crippen molar-refractivity contribution in [3.05, 3.63) is 64.5 Å². The van der Waals surface area contributed by atoms with E-state index in [0.29, 0.717) is 23.2 Å². The average molecular weight is 455 g/mol. The van der Waals surface area contributed by atoms with E-state index in [4.69, 9.17) is 5.26 Å². The molecule has 3 heterocycles. The summed E-state index contributed by atoms with van der Waals surface area (Å²) in [6, 6.07) is 14.2. The molecule has 2 aliphatic heterocycles. The number of nitriles is 1. The van der Waals surface area contributed by atoms with Crippen LogP contribution in [0.5, 0.6) is 0 Å². The fourth-order valence-corrected chi connectivity index (χ4v) is 5.15. The van der Waals surface area contributed by atoms with Crippen LogP contribution in [0.25, 0.3) is 11.4 Å². The molecule has 7 heteroatoms. The third-order valence-electron chi connectivity index (χ3n) is 7.13. The number of aromatic nitrogens is 3. The number of piperidine rings is 1. The van der Waals surface area contributed by atoms with Crippen molar-refractivity contribution in [3.8, 4) is 17.5 Å². The Bertz CT molecular complexity index is 1240. The second-order valence-corrected chi connectivity index (χ2v) is 9.75. The van der Waals surface area contributed by atoms with E-state index in [9.17, 15) is 4.79 Å². The van der Waals surface area contributed by atoms with Gasteiger partial charge in [-0.2, -0.15) is 5.26 Å². The zero-order valence-corrected chi connectivity index (χ0v) is 20.0. The molecule has 0 radical (unpaired) electrons. The third-order valence-corrected chi connectivity index (χ3v) is 7.13. The monoisotopic (exact) mass is 454 g/mol. The molecule has 0 atom stereocenters. The number of likely N-dealkylation sites (tertiary alicyclic amines) is 1. The lowest BCUT2D eigenvalue weighted by Gasteiger charge is -2.40. The maximum Gasteiger partial charge on any atom is 0.254 e. The Morgan fingerprint density at radius 1 is 1.09 bits per heavy atom. The van der Waals surface area contributed by atoms with Gasteiger partial charge in [-0.3, -0.25) is 4.79 Å². The van der Waals surface area contributed by atoms with Crippen LogP contribution in [0.3, 0.4) is 0 Å². The molecule has 1 amide bonds. The van der Waals surface area contributed by atoms with Gasteiger partial charge in [0.05, 0.1) is 11.6 Å². The number of carbonyl (C=O) groups is 1. The lowest BCUT2D eigenvalue weighted by atomic mass is 9.88. The van der Waals surface area contributed by atoms with Gasteiger partial charge in [-0.15, -0.1) is 10.2 Å². The number of H-pyrrole nitrogens is 1. The molecule has 2 fully saturated rings. The highest BCUT2D eigenvalue weighted by Gasteiger charge is 2.30. The summed E-state index contributed by atoms with van der Waals surface area (Å²) in [7, 11) is 0. The van der Waals surface area contributed by atoms with Crippen LogP contribution < -0.4 is 4.90 Å². The van der Waals surface area contributed by atoms with Gasteiger partial charge >= 0.3 is 0 Å². The van der Waals surface area contributed by atoms with Gasteiger partial charge in [-0.05, 0) is 73.9 Å². The molecule has 3 aromatic rings. The number of anilines is 1. The standard InChI is InChI=1S/C27H30N6O/c1-17-15-33(16-17)25-12-18(2)23(13-24(25)26-29-19(3)30-31-26)27(34)32-10-8-22(9-11-32)21-6-4-20(14-28)5-7-21/h4-7,12-13,17,22H,8-11,15-16H2,1-3H3,(H,29,30,31). The van der Waals surface area contributed by atoms with Gasteiger partial charge in [0.1, 0.15) is 5.82 Å². The molecule has 174 valence electrons. The van der Waals surface area contributed by atoms with Crippen LogP contribution in [-0.2, 0) is 0 Å². The predicted octanol–water partition coefficient (Wildman–Crippen LogP) is 4.44. The quantitative estimate of drug-likeness (QED) is 0.630. The largest absolute Gasteiger partial charge is 0.370 e. The Labute approximate surface area is 200 Å². The van der Waals surface area contributed by atoms with Crippen LogP contribution in [-0.4, -0.2) is 52.2 Å². The minimum atomic E-state index is 0.0804. The Morgan fingerprint density at radius 2 is 1.79 bits per heavy atom. The first-order chi connectivity index (χ1) is 16.4. The van der Waals surface area contributed by atoms with Crippen LogP contribution in [0, 0.1) is 31.1 Å². The van der Waals surface area contributed by atoms with Gasteiger partial charge < -0.3 is 14.8 Å². The van der Waals surface area contributed by atoms with E-state index < -0.39 is 0 Å². The van der Waals surface area contributed by atoms with E-state index >= 15 is 0 Å². The molecule has 0 spiro atoms. The van der Waals surface area contributed by atoms with Gasteiger partial charge in [-0.1, -0.05) is 19.1 Å². The van der Waals surface area contributed by atoms with E-state index in [-0.39, 0.29) is 5.91 Å². The summed E-state index contributed by atoms with van der Waals surface area (Å²) in [6.07, 6.45) is 1.85. The molecule has 0 saturated carbocycles. The first-order valence-electron chi connectivity index (χ1n) is 12.0. The molecule has 5 rings (SSSR count). The molecule has 1 aromatic heterocycles. The molecular formula is C27H30N6O. The normalized spacial score (nSPS) is 16.9. The van der Waals surface area contributed by atoms with Crippen molar-refractivity contribution in [1.82, 2.24) is 20.1 Å². The summed E-state index contributed by atoms with van der Waals surface area (Å²) in [5, 5.41) is 17.5. The van der Waals surface area contributed by atoms with Crippen LogP contribution >= 0.6 is 0 Å². The predicted molar refractivity (Wildman–Crippen MR) is 132 cm³/mol. The van der Waals surface area contributed by atoms with Gasteiger partial charge in [0.25, 0.3) is 5.91 Å². The minimum absolute atomic E-state index is 0.0804. The number of nitrogens with one attached hydrogen (secondary N) is 1. The van der Waals surface area contributed by atoms with Crippen LogP contribution in [0.2, 0.25) is 0 Å². The highest BCUT2D eigenvalue weighted by molar-refractivity contribution is 5.98. The molecular weight excluding hydrogens is 424 g/mol. The van der Waals surface area contributed by atoms with E-state index in [2.05, 4.69) is 39.1 Å². The van der Waals surface area contributed by atoms with Gasteiger partial charge in [-0.25, -0.2) is 0 Å². The van der Waals surface area contributed by atoms with Crippen LogP contribution in [0.4, 0.5) is 5.69 Å². The Morgan fingerprint density at radius 3 is 2.38 bits per heavy atom. The maximum atomic E-state index is 13.6. The molecule has 0 bridgehead atoms. The Kier molecular flexibility index (Phi) is 5.82. The molecule has 0 unspecified atom stereocenters. The lowest BCUT2D eigenvalue weighted by Crippen LogP contribution is -2.45. The summed E-state index contributed by atoms with van der Waals surface area (Å²) < 4.78 is 0. The molecule has 0 aliphatic carbocycles. The lowest BCUT2D eigenvalue weighted by molar-refractivity contribution is 0.0712. The van der Waals surface area contributed by atoms with E-state index in [1.807, 2.05) is 49.1 Å². The SMILES string of the molecule is Cc1nnc(-c2cc(C(=O)N3CCC(c4ccc(C#N)cc4)CC3)c(C)cc2N2CC(C)C2)[nH]1. The number of carbonyl (C=O) groups excluding carboxylic acids is 1. The topological polar surface area (TPSA) is 88.9 Å². The summed E-state index contributed by atoms with van der Waals surface area (Å²) in [6.45, 7) is 9.64. The van der Waals surface area contributed by atoms with Crippen molar-refractivity contribution in [1.29, 1.82) is 5.26 Å². The molecule has 7 nitrogen and oxygen atoms in total. The van der Waals surface area contributed by atoms with E-state index in [0.717, 1.165) is 67.2 Å². The number of aromatic amines is 1. The molecule has 2 aromatic carbocycles. The fraction of sp³-hybridized carbons (Fsp3) is 0.407. The van der Waals surface area contributed by atoms with Crippen molar-refractivity contribution in [3.63, 3.8) is 0 Å². The number of hydrogen-bond acceptors (Lipinski definition) is 5. The summed E-state index contributed by atoms with van der Waals surface area (Å²) in [4.78, 5) is 21.2. The highest BCUT2D eigenvalue weighted by atomic mass is 16.2.